The maximum Gasteiger partial charge on any atom is 0.146 e. The summed E-state index contributed by atoms with van der Waals surface area (Å²) in [5, 5.41) is 6.98. The zero-order valence-corrected chi connectivity index (χ0v) is 18.7. The van der Waals surface area contributed by atoms with Gasteiger partial charge in [0.15, 0.2) is 0 Å². The number of hydrogen-bond donors (Lipinski definition) is 1. The third-order valence-electron chi connectivity index (χ3n) is 5.65. The number of nitrogens with zero attached hydrogens (tertiary/aromatic N) is 4. The minimum atomic E-state index is 0.766. The van der Waals surface area contributed by atoms with E-state index in [1.807, 2.05) is 0 Å². The second kappa shape index (κ2) is 10.3. The number of rotatable bonds is 9. The van der Waals surface area contributed by atoms with Gasteiger partial charge in [-0.05, 0) is 18.7 Å². The fourth-order valence-electron chi connectivity index (χ4n) is 3.85. The maximum absolute atomic E-state index is 5.48. The van der Waals surface area contributed by atoms with E-state index in [0.717, 1.165) is 80.9 Å². The van der Waals surface area contributed by atoms with Crippen LogP contribution in [-0.4, -0.2) is 72.3 Å². The normalized spacial score (nSPS) is 15.2. The average Bonchev–Trinajstić information content (AvgIpc) is 3.22. The number of aromatic nitrogens is 2. The van der Waals surface area contributed by atoms with Gasteiger partial charge in [0.1, 0.15) is 16.5 Å². The van der Waals surface area contributed by atoms with Crippen molar-refractivity contribution in [1.29, 1.82) is 0 Å². The van der Waals surface area contributed by atoms with E-state index < -0.39 is 0 Å². The molecule has 0 spiro atoms. The highest BCUT2D eigenvalue weighted by molar-refractivity contribution is 7.17. The molecule has 1 aliphatic heterocycles. The quantitative estimate of drug-likeness (QED) is 0.560. The van der Waals surface area contributed by atoms with Gasteiger partial charge in [-0.25, -0.2) is 9.97 Å². The summed E-state index contributed by atoms with van der Waals surface area (Å²) >= 11 is 1.70. The van der Waals surface area contributed by atoms with Gasteiger partial charge in [0.05, 0.1) is 25.1 Å². The lowest BCUT2D eigenvalue weighted by Crippen LogP contribution is -2.36. The Hall–Kier alpha value is -2.06. The molecule has 1 aliphatic rings. The number of hydrogen-bond acceptors (Lipinski definition) is 7. The Bertz CT molecular complexity index is 935. The van der Waals surface area contributed by atoms with Crippen molar-refractivity contribution in [3.63, 3.8) is 0 Å². The summed E-state index contributed by atoms with van der Waals surface area (Å²) in [5.74, 6) is 1.84. The van der Waals surface area contributed by atoms with E-state index in [-0.39, 0.29) is 0 Å². The molecule has 1 N–H and O–H groups in total. The molecule has 160 valence electrons. The molecule has 0 radical (unpaired) electrons. The molecule has 3 heterocycles. The fraction of sp³-hybridized carbons (Fsp3) is 0.478. The topological polar surface area (TPSA) is 53.5 Å². The van der Waals surface area contributed by atoms with Crippen LogP contribution in [0, 0.1) is 0 Å². The summed E-state index contributed by atoms with van der Waals surface area (Å²) in [4.78, 5) is 15.8. The van der Waals surface area contributed by atoms with E-state index in [9.17, 15) is 0 Å². The van der Waals surface area contributed by atoms with Crippen molar-refractivity contribution in [3.05, 3.63) is 41.5 Å². The Morgan fingerprint density at radius 2 is 1.87 bits per heavy atom. The summed E-state index contributed by atoms with van der Waals surface area (Å²) in [5.41, 5.74) is 2.42. The van der Waals surface area contributed by atoms with Crippen LogP contribution in [0.25, 0.3) is 21.3 Å². The standard InChI is InChI=1S/C23H31N5OS/c1-3-27(4-2)11-10-24-22-21-19(18-8-6-5-7-9-18)17-30-23(21)26-20(25-22)16-28-12-14-29-15-13-28/h5-9,17H,3-4,10-16H2,1-2H3,(H,24,25,26). The average molecular weight is 426 g/mol. The first-order valence-corrected chi connectivity index (χ1v) is 11.8. The summed E-state index contributed by atoms with van der Waals surface area (Å²) in [7, 11) is 0. The summed E-state index contributed by atoms with van der Waals surface area (Å²) in [6.07, 6.45) is 0. The van der Waals surface area contributed by atoms with E-state index in [0.29, 0.717) is 0 Å². The second-order valence-corrected chi connectivity index (χ2v) is 8.38. The highest BCUT2D eigenvalue weighted by Crippen LogP contribution is 2.37. The van der Waals surface area contributed by atoms with Gasteiger partial charge in [-0.3, -0.25) is 4.90 Å². The van der Waals surface area contributed by atoms with Crippen molar-refractivity contribution < 1.29 is 4.74 Å². The van der Waals surface area contributed by atoms with Crippen molar-refractivity contribution >= 4 is 27.4 Å². The molecule has 0 bridgehead atoms. The molecule has 0 aliphatic carbocycles. The zero-order chi connectivity index (χ0) is 20.8. The molecule has 0 atom stereocenters. The van der Waals surface area contributed by atoms with Crippen LogP contribution in [0.5, 0.6) is 0 Å². The molecule has 4 rings (SSSR count). The third kappa shape index (κ3) is 4.98. The lowest BCUT2D eigenvalue weighted by atomic mass is 10.1. The molecular formula is C23H31N5OS. The molecule has 0 unspecified atom stereocenters. The Kier molecular flexibility index (Phi) is 7.28. The summed E-state index contributed by atoms with van der Waals surface area (Å²) in [6, 6.07) is 10.5. The highest BCUT2D eigenvalue weighted by atomic mass is 32.1. The predicted octanol–water partition coefficient (Wildman–Crippen LogP) is 3.94. The van der Waals surface area contributed by atoms with Crippen LogP contribution in [0.3, 0.4) is 0 Å². The molecule has 2 aromatic heterocycles. The maximum atomic E-state index is 5.48. The van der Waals surface area contributed by atoms with E-state index in [4.69, 9.17) is 14.7 Å². The van der Waals surface area contributed by atoms with Crippen LogP contribution in [0.15, 0.2) is 35.7 Å². The Morgan fingerprint density at radius 3 is 2.60 bits per heavy atom. The molecule has 0 saturated carbocycles. The number of nitrogens with one attached hydrogen (secondary N) is 1. The smallest absolute Gasteiger partial charge is 0.146 e. The van der Waals surface area contributed by atoms with Gasteiger partial charge in [-0.1, -0.05) is 44.2 Å². The van der Waals surface area contributed by atoms with Gasteiger partial charge in [-0.15, -0.1) is 11.3 Å². The summed E-state index contributed by atoms with van der Waals surface area (Å²) < 4.78 is 5.48. The number of benzene rings is 1. The van der Waals surface area contributed by atoms with Gasteiger partial charge in [0, 0.05) is 37.1 Å². The number of anilines is 1. The van der Waals surface area contributed by atoms with Crippen LogP contribution in [-0.2, 0) is 11.3 Å². The number of likely N-dealkylation sites (N-methyl/N-ethyl adjacent to an activating group) is 1. The van der Waals surface area contributed by atoms with Gasteiger partial charge in [0.25, 0.3) is 0 Å². The monoisotopic (exact) mass is 425 g/mol. The van der Waals surface area contributed by atoms with Crippen LogP contribution < -0.4 is 5.32 Å². The molecule has 1 fully saturated rings. The van der Waals surface area contributed by atoms with Crippen molar-refractivity contribution in [2.24, 2.45) is 0 Å². The van der Waals surface area contributed by atoms with E-state index in [2.05, 4.69) is 64.7 Å². The van der Waals surface area contributed by atoms with E-state index >= 15 is 0 Å². The molecule has 6 nitrogen and oxygen atoms in total. The van der Waals surface area contributed by atoms with Crippen molar-refractivity contribution in [3.8, 4) is 11.1 Å². The van der Waals surface area contributed by atoms with Gasteiger partial charge in [0.2, 0.25) is 0 Å². The highest BCUT2D eigenvalue weighted by Gasteiger charge is 2.18. The molecule has 0 amide bonds. The SMILES string of the molecule is CCN(CC)CCNc1nc(CN2CCOCC2)nc2scc(-c3ccccc3)c12. The van der Waals surface area contributed by atoms with Gasteiger partial charge >= 0.3 is 0 Å². The van der Waals surface area contributed by atoms with Gasteiger partial charge in [-0.2, -0.15) is 0 Å². The molecular weight excluding hydrogens is 394 g/mol. The molecule has 7 heteroatoms. The van der Waals surface area contributed by atoms with E-state index in [1.165, 1.54) is 11.1 Å². The van der Waals surface area contributed by atoms with Crippen LogP contribution >= 0.6 is 11.3 Å². The number of thiophene rings is 1. The number of morpholine rings is 1. The fourth-order valence-corrected chi connectivity index (χ4v) is 4.81. The van der Waals surface area contributed by atoms with Crippen molar-refractivity contribution in [2.75, 3.05) is 57.8 Å². The first-order chi connectivity index (χ1) is 14.8. The van der Waals surface area contributed by atoms with Crippen molar-refractivity contribution in [1.82, 2.24) is 19.8 Å². The molecule has 1 saturated heterocycles. The lowest BCUT2D eigenvalue weighted by Gasteiger charge is -2.26. The van der Waals surface area contributed by atoms with Crippen LogP contribution in [0.1, 0.15) is 19.7 Å². The van der Waals surface area contributed by atoms with E-state index in [1.54, 1.807) is 11.3 Å². The minimum absolute atomic E-state index is 0.766. The largest absolute Gasteiger partial charge is 0.379 e. The number of ether oxygens (including phenoxy) is 1. The Morgan fingerprint density at radius 1 is 1.10 bits per heavy atom. The second-order valence-electron chi connectivity index (χ2n) is 7.53. The van der Waals surface area contributed by atoms with Crippen LogP contribution in [0.4, 0.5) is 5.82 Å². The molecule has 30 heavy (non-hydrogen) atoms. The molecule has 3 aromatic rings. The molecule has 1 aromatic carbocycles. The van der Waals surface area contributed by atoms with Crippen molar-refractivity contribution in [2.45, 2.75) is 20.4 Å². The number of fused-ring (bicyclic) bond motifs is 1. The zero-order valence-electron chi connectivity index (χ0n) is 17.9. The first kappa shape index (κ1) is 21.2. The summed E-state index contributed by atoms with van der Waals surface area (Å²) in [6.45, 7) is 12.6. The van der Waals surface area contributed by atoms with Crippen LogP contribution in [0.2, 0.25) is 0 Å². The Labute approximate surface area is 182 Å². The van der Waals surface area contributed by atoms with Gasteiger partial charge < -0.3 is 15.0 Å². The first-order valence-electron chi connectivity index (χ1n) is 10.9. The third-order valence-corrected chi connectivity index (χ3v) is 6.52. The lowest BCUT2D eigenvalue weighted by molar-refractivity contribution is 0.0331. The Balaban J connectivity index is 1.64. The predicted molar refractivity (Wildman–Crippen MR) is 125 cm³/mol. The minimum Gasteiger partial charge on any atom is -0.379 e.